The van der Waals surface area contributed by atoms with Crippen LogP contribution in [0.25, 0.3) is 6.08 Å². The van der Waals surface area contributed by atoms with Crippen LogP contribution in [-0.4, -0.2) is 33.8 Å². The minimum absolute atomic E-state index is 0.154. The monoisotopic (exact) mass is 465 g/mol. The second-order valence-electron chi connectivity index (χ2n) is 7.95. The fourth-order valence-electron chi connectivity index (χ4n) is 4.43. The van der Waals surface area contributed by atoms with Gasteiger partial charge in [-0.05, 0) is 65.9 Å². The summed E-state index contributed by atoms with van der Waals surface area (Å²) in [6.07, 6.45) is 6.96. The summed E-state index contributed by atoms with van der Waals surface area (Å²) < 4.78 is 7.02. The van der Waals surface area contributed by atoms with Gasteiger partial charge in [-0.25, -0.2) is 9.80 Å². The van der Waals surface area contributed by atoms with Gasteiger partial charge in [0, 0.05) is 28.9 Å². The molecule has 3 aromatic rings. The fraction of sp³-hybridized carbons (Fsp3) is 0.292. The molecule has 2 aliphatic rings. The first kappa shape index (κ1) is 20.9. The smallest absolute Gasteiger partial charge is 0.355 e. The Morgan fingerprint density at radius 2 is 2.03 bits per heavy atom. The number of hydrogen-bond donors (Lipinski definition) is 0. The molecule has 1 aliphatic carbocycles. The van der Waals surface area contributed by atoms with Crippen LogP contribution >= 0.6 is 22.7 Å². The summed E-state index contributed by atoms with van der Waals surface area (Å²) >= 11 is 3.33. The molecule has 0 aromatic carbocycles. The summed E-state index contributed by atoms with van der Waals surface area (Å²) in [7, 11) is 1.77. The van der Waals surface area contributed by atoms with Gasteiger partial charge in [0.1, 0.15) is 5.69 Å². The van der Waals surface area contributed by atoms with Gasteiger partial charge in [0.2, 0.25) is 0 Å². The maximum absolute atomic E-state index is 13.2. The van der Waals surface area contributed by atoms with Crippen molar-refractivity contribution in [1.29, 1.82) is 0 Å². The summed E-state index contributed by atoms with van der Waals surface area (Å²) in [4.78, 5) is 27.9. The molecule has 1 fully saturated rings. The molecule has 1 amide bonds. The van der Waals surface area contributed by atoms with Crippen molar-refractivity contribution in [3.63, 3.8) is 0 Å². The van der Waals surface area contributed by atoms with Gasteiger partial charge < -0.3 is 9.30 Å². The molecule has 8 heteroatoms. The van der Waals surface area contributed by atoms with E-state index in [0.29, 0.717) is 5.69 Å². The number of amides is 1. The molecule has 0 radical (unpaired) electrons. The van der Waals surface area contributed by atoms with E-state index in [-0.39, 0.29) is 24.5 Å². The Hall–Kier alpha value is -2.97. The van der Waals surface area contributed by atoms with Gasteiger partial charge in [-0.1, -0.05) is 12.1 Å². The van der Waals surface area contributed by atoms with Crippen molar-refractivity contribution in [1.82, 2.24) is 9.58 Å². The summed E-state index contributed by atoms with van der Waals surface area (Å²) in [6, 6.07) is 11.5. The molecular weight excluding hydrogens is 442 g/mol. The predicted octanol–water partition coefficient (Wildman–Crippen LogP) is 5.13. The highest BCUT2D eigenvalue weighted by molar-refractivity contribution is 7.11. The lowest BCUT2D eigenvalue weighted by molar-refractivity contribution is -0.136. The van der Waals surface area contributed by atoms with E-state index in [4.69, 9.17) is 9.84 Å². The van der Waals surface area contributed by atoms with Crippen LogP contribution in [0.1, 0.15) is 45.5 Å². The van der Waals surface area contributed by atoms with E-state index in [2.05, 4.69) is 23.6 Å². The summed E-state index contributed by atoms with van der Waals surface area (Å²) in [6.45, 7) is -0.334. The normalized spacial score (nSPS) is 21.5. The van der Waals surface area contributed by atoms with E-state index >= 15 is 0 Å². The summed E-state index contributed by atoms with van der Waals surface area (Å²) in [5.74, 6) is -0.662. The van der Waals surface area contributed by atoms with Crippen molar-refractivity contribution in [2.75, 3.05) is 6.61 Å². The number of thiophene rings is 2. The van der Waals surface area contributed by atoms with Crippen LogP contribution in [0, 0.1) is 5.92 Å². The van der Waals surface area contributed by atoms with Crippen LogP contribution < -0.4 is 0 Å². The van der Waals surface area contributed by atoms with Gasteiger partial charge >= 0.3 is 5.97 Å². The van der Waals surface area contributed by atoms with E-state index in [0.717, 1.165) is 29.9 Å². The van der Waals surface area contributed by atoms with Gasteiger partial charge in [0.15, 0.2) is 6.61 Å². The number of carbonyl (C=O) groups is 2. The SMILES string of the molecule is Cn1cccc1C(=O)OCC(=O)N1N=C2/C(=C/c3cccs3)CCCC2C1c1cccs1. The molecule has 0 saturated heterocycles. The zero-order valence-electron chi connectivity index (χ0n) is 17.6. The highest BCUT2D eigenvalue weighted by Crippen LogP contribution is 2.45. The zero-order valence-corrected chi connectivity index (χ0v) is 19.3. The van der Waals surface area contributed by atoms with Crippen LogP contribution in [0.4, 0.5) is 0 Å². The number of hydrazone groups is 1. The van der Waals surface area contributed by atoms with E-state index < -0.39 is 5.97 Å². The van der Waals surface area contributed by atoms with Crippen molar-refractivity contribution in [2.45, 2.75) is 25.3 Å². The molecule has 3 aromatic heterocycles. The van der Waals surface area contributed by atoms with Crippen LogP contribution in [0.15, 0.2) is 64.0 Å². The Morgan fingerprint density at radius 3 is 2.75 bits per heavy atom. The van der Waals surface area contributed by atoms with Gasteiger partial charge in [-0.3, -0.25) is 4.79 Å². The van der Waals surface area contributed by atoms with Crippen LogP contribution in [0.3, 0.4) is 0 Å². The molecule has 0 N–H and O–H groups in total. The molecule has 32 heavy (non-hydrogen) atoms. The first-order valence-electron chi connectivity index (χ1n) is 10.6. The minimum Gasteiger partial charge on any atom is -0.451 e. The predicted molar refractivity (Wildman–Crippen MR) is 127 cm³/mol. The van der Waals surface area contributed by atoms with Gasteiger partial charge in [0.05, 0.1) is 11.8 Å². The molecule has 0 spiro atoms. The zero-order chi connectivity index (χ0) is 22.1. The minimum atomic E-state index is -0.513. The highest BCUT2D eigenvalue weighted by Gasteiger charge is 2.44. The molecule has 4 heterocycles. The Labute approximate surface area is 194 Å². The number of allylic oxidation sites excluding steroid dienone is 1. The number of nitrogens with zero attached hydrogens (tertiary/aromatic N) is 3. The lowest BCUT2D eigenvalue weighted by Gasteiger charge is -2.28. The molecule has 2 atom stereocenters. The Bertz CT molecular complexity index is 1180. The largest absolute Gasteiger partial charge is 0.451 e. The van der Waals surface area contributed by atoms with E-state index in [1.807, 2.05) is 17.5 Å². The molecule has 1 saturated carbocycles. The number of rotatable bonds is 5. The number of ether oxygens (including phenoxy) is 1. The van der Waals surface area contributed by atoms with Gasteiger partial charge in [0.25, 0.3) is 5.91 Å². The number of fused-ring (bicyclic) bond motifs is 1. The topological polar surface area (TPSA) is 63.9 Å². The van der Waals surface area contributed by atoms with Gasteiger partial charge in [-0.15, -0.1) is 22.7 Å². The standard InChI is InChI=1S/C24H23N3O3S2/c1-26-11-3-9-19(26)24(29)30-15-21(28)27-23(20-10-5-13-32-20)18-8-2-6-16(22(18)25-27)14-17-7-4-12-31-17/h3-5,7,9-14,18,23H,2,6,8,15H2,1H3/b16-14+. The van der Waals surface area contributed by atoms with E-state index in [1.165, 1.54) is 10.5 Å². The number of aromatic nitrogens is 1. The van der Waals surface area contributed by atoms with Crippen LogP contribution in [0.2, 0.25) is 0 Å². The third-order valence-electron chi connectivity index (χ3n) is 5.93. The second kappa shape index (κ2) is 8.88. The second-order valence-corrected chi connectivity index (χ2v) is 9.91. The molecule has 0 bridgehead atoms. The fourth-order valence-corrected chi connectivity index (χ4v) is 5.99. The van der Waals surface area contributed by atoms with E-state index in [1.54, 1.807) is 57.6 Å². The quantitative estimate of drug-likeness (QED) is 0.491. The molecule has 2 unspecified atom stereocenters. The van der Waals surface area contributed by atoms with E-state index in [9.17, 15) is 9.59 Å². The third kappa shape index (κ3) is 3.96. The van der Waals surface area contributed by atoms with Crippen molar-refractivity contribution in [3.8, 4) is 0 Å². The molecular formula is C24H23N3O3S2. The average molecular weight is 466 g/mol. The Kier molecular flexibility index (Phi) is 5.80. The molecule has 5 rings (SSSR count). The van der Waals surface area contributed by atoms with Crippen LogP contribution in [-0.2, 0) is 16.6 Å². The number of carbonyl (C=O) groups excluding carboxylic acids is 2. The van der Waals surface area contributed by atoms with Crippen molar-refractivity contribution in [2.24, 2.45) is 18.1 Å². The maximum Gasteiger partial charge on any atom is 0.355 e. The molecule has 164 valence electrons. The van der Waals surface area contributed by atoms with Crippen LogP contribution in [0.5, 0.6) is 0 Å². The van der Waals surface area contributed by atoms with Crippen molar-refractivity contribution >= 4 is 46.3 Å². The average Bonchev–Trinajstić information content (AvgIpc) is 3.58. The number of hydrogen-bond acceptors (Lipinski definition) is 6. The first-order chi connectivity index (χ1) is 15.6. The Balaban J connectivity index is 1.41. The molecule has 1 aliphatic heterocycles. The van der Waals surface area contributed by atoms with Crippen molar-refractivity contribution in [3.05, 3.63) is 74.4 Å². The lowest BCUT2D eigenvalue weighted by Crippen LogP contribution is -2.34. The maximum atomic E-state index is 13.2. The number of esters is 1. The number of aryl methyl sites for hydroxylation is 1. The van der Waals surface area contributed by atoms with Crippen molar-refractivity contribution < 1.29 is 14.3 Å². The molecule has 6 nitrogen and oxygen atoms in total. The first-order valence-corrected chi connectivity index (χ1v) is 12.3. The van der Waals surface area contributed by atoms with Gasteiger partial charge in [-0.2, -0.15) is 5.10 Å². The highest BCUT2D eigenvalue weighted by atomic mass is 32.1. The third-order valence-corrected chi connectivity index (χ3v) is 7.69. The lowest BCUT2D eigenvalue weighted by atomic mass is 9.79. The Morgan fingerprint density at radius 1 is 1.19 bits per heavy atom. The summed E-state index contributed by atoms with van der Waals surface area (Å²) in [5.41, 5.74) is 2.60. The summed E-state index contributed by atoms with van der Waals surface area (Å²) in [5, 5.41) is 10.5.